The SMILES string of the molecule is CC1(C)CCc2c(-c3cc4ccc(C(=O)N5CCN(CC6CCN(c7ccc(C8CCC(=O)NC8=O)c(F)c7)CC6)CC5)cc4[nH]3)n[nH]c2C1. The van der Waals surface area contributed by atoms with Gasteiger partial charge >= 0.3 is 0 Å². The molecule has 3 fully saturated rings. The van der Waals surface area contributed by atoms with Gasteiger partial charge in [0.05, 0.1) is 11.6 Å². The summed E-state index contributed by atoms with van der Waals surface area (Å²) in [4.78, 5) is 47.5. The molecule has 10 nitrogen and oxygen atoms in total. The molecule has 2 aromatic carbocycles. The smallest absolute Gasteiger partial charge is 0.254 e. The Morgan fingerprint density at radius 1 is 0.960 bits per heavy atom. The van der Waals surface area contributed by atoms with Crippen molar-refractivity contribution in [3.8, 4) is 11.4 Å². The third-order valence-electron chi connectivity index (χ3n) is 11.5. The molecule has 11 heteroatoms. The molecule has 4 aromatic rings. The Hall–Kier alpha value is -4.51. The van der Waals surface area contributed by atoms with Gasteiger partial charge in [0.1, 0.15) is 11.5 Å². The molecule has 0 radical (unpaired) electrons. The van der Waals surface area contributed by atoms with E-state index in [2.05, 4.69) is 50.2 Å². The Bertz CT molecular complexity index is 1950. The van der Waals surface area contributed by atoms with Crippen molar-refractivity contribution < 1.29 is 18.8 Å². The number of halogens is 1. The number of anilines is 1. The molecule has 4 aliphatic rings. The Balaban J connectivity index is 0.827. The van der Waals surface area contributed by atoms with E-state index in [4.69, 9.17) is 0 Å². The van der Waals surface area contributed by atoms with Crippen LogP contribution in [0.5, 0.6) is 0 Å². The number of fused-ring (bicyclic) bond motifs is 2. The number of amides is 3. The van der Waals surface area contributed by atoms with Gasteiger partial charge in [-0.05, 0) is 80.2 Å². The number of hydrogen-bond donors (Lipinski definition) is 3. The molecule has 0 saturated carbocycles. The highest BCUT2D eigenvalue weighted by Gasteiger charge is 2.32. The third kappa shape index (κ3) is 6.43. The van der Waals surface area contributed by atoms with E-state index >= 15 is 4.39 Å². The molecular formula is C39H46FN7O3. The Kier molecular flexibility index (Phi) is 8.49. The molecule has 50 heavy (non-hydrogen) atoms. The molecule has 2 aromatic heterocycles. The van der Waals surface area contributed by atoms with Gasteiger partial charge in [0.25, 0.3) is 5.91 Å². The average Bonchev–Trinajstić information content (AvgIpc) is 3.72. The Morgan fingerprint density at radius 3 is 2.52 bits per heavy atom. The van der Waals surface area contributed by atoms with E-state index in [1.165, 1.54) is 17.3 Å². The van der Waals surface area contributed by atoms with Gasteiger partial charge in [-0.15, -0.1) is 0 Å². The maximum absolute atomic E-state index is 15.1. The maximum Gasteiger partial charge on any atom is 0.254 e. The zero-order chi connectivity index (χ0) is 34.6. The second-order valence-corrected chi connectivity index (χ2v) is 15.6. The molecule has 8 rings (SSSR count). The first-order chi connectivity index (χ1) is 24.1. The van der Waals surface area contributed by atoms with E-state index < -0.39 is 11.8 Å². The standard InChI is InChI=1S/C39H46FN7O3/c1-39(2)12-9-30-34(22-39)43-44-36(30)33-19-25-3-4-26(20-32(25)41-33)38(50)47-17-15-45(16-18-47)23-24-10-13-46(14-11-24)27-5-6-28(31(40)21-27)29-7-8-35(48)42-37(29)49/h3-6,19-21,24,29,41H,7-18,22-23H2,1-2H3,(H,43,44)(H,42,48,49). The summed E-state index contributed by atoms with van der Waals surface area (Å²) in [5.41, 5.74) is 7.69. The molecule has 262 valence electrons. The quantitative estimate of drug-likeness (QED) is 0.235. The summed E-state index contributed by atoms with van der Waals surface area (Å²) >= 11 is 0. The lowest BCUT2D eigenvalue weighted by Crippen LogP contribution is -2.50. The van der Waals surface area contributed by atoms with Gasteiger partial charge in [0, 0.05) is 91.2 Å². The minimum absolute atomic E-state index is 0.0752. The van der Waals surface area contributed by atoms with Gasteiger partial charge < -0.3 is 14.8 Å². The van der Waals surface area contributed by atoms with Gasteiger partial charge in [0.15, 0.2) is 0 Å². The van der Waals surface area contributed by atoms with Crippen LogP contribution in [-0.4, -0.2) is 88.5 Å². The minimum atomic E-state index is -0.620. The van der Waals surface area contributed by atoms with Crippen molar-refractivity contribution in [1.29, 1.82) is 0 Å². The van der Waals surface area contributed by atoms with Gasteiger partial charge in [-0.2, -0.15) is 5.10 Å². The number of nitrogens with zero attached hydrogens (tertiary/aromatic N) is 4. The van der Waals surface area contributed by atoms with E-state index in [-0.39, 0.29) is 29.5 Å². The van der Waals surface area contributed by atoms with Crippen LogP contribution in [0.3, 0.4) is 0 Å². The minimum Gasteiger partial charge on any atom is -0.371 e. The molecule has 0 spiro atoms. The van der Waals surface area contributed by atoms with Crippen molar-refractivity contribution in [2.24, 2.45) is 11.3 Å². The van der Waals surface area contributed by atoms with Crippen molar-refractivity contribution in [2.75, 3.05) is 50.7 Å². The van der Waals surface area contributed by atoms with E-state index in [1.807, 2.05) is 29.2 Å². The first-order valence-electron chi connectivity index (χ1n) is 18.2. The lowest BCUT2D eigenvalue weighted by Gasteiger charge is -2.39. The van der Waals surface area contributed by atoms with Gasteiger partial charge in [-0.1, -0.05) is 26.0 Å². The lowest BCUT2D eigenvalue weighted by molar-refractivity contribution is -0.134. The Labute approximate surface area is 291 Å². The summed E-state index contributed by atoms with van der Waals surface area (Å²) in [5.74, 6) is -1.09. The summed E-state index contributed by atoms with van der Waals surface area (Å²) < 4.78 is 15.1. The average molecular weight is 680 g/mol. The fourth-order valence-corrected chi connectivity index (χ4v) is 8.50. The normalized spacial score (nSPS) is 21.8. The maximum atomic E-state index is 15.1. The Morgan fingerprint density at radius 2 is 1.76 bits per heavy atom. The molecule has 0 bridgehead atoms. The number of nitrogens with one attached hydrogen (secondary N) is 3. The van der Waals surface area contributed by atoms with Crippen LogP contribution in [0.25, 0.3) is 22.3 Å². The number of piperazine rings is 1. The van der Waals surface area contributed by atoms with Crippen LogP contribution in [0.15, 0.2) is 42.5 Å². The van der Waals surface area contributed by atoms with E-state index in [9.17, 15) is 14.4 Å². The summed E-state index contributed by atoms with van der Waals surface area (Å²) in [6, 6.07) is 13.2. The number of piperidine rings is 2. The summed E-state index contributed by atoms with van der Waals surface area (Å²) in [5, 5.41) is 11.4. The molecule has 5 heterocycles. The van der Waals surface area contributed by atoms with Crippen molar-refractivity contribution >= 4 is 34.3 Å². The summed E-state index contributed by atoms with van der Waals surface area (Å²) in [7, 11) is 0. The predicted octanol–water partition coefficient (Wildman–Crippen LogP) is 5.41. The third-order valence-corrected chi connectivity index (χ3v) is 11.5. The van der Waals surface area contributed by atoms with E-state index in [0.717, 1.165) is 92.8 Å². The molecule has 1 unspecified atom stereocenters. The first kappa shape index (κ1) is 32.7. The van der Waals surface area contributed by atoms with Gasteiger partial charge in [-0.25, -0.2) is 4.39 Å². The molecule has 3 saturated heterocycles. The van der Waals surface area contributed by atoms with Crippen molar-refractivity contribution in [2.45, 2.75) is 64.7 Å². The van der Waals surface area contributed by atoms with Crippen molar-refractivity contribution in [3.05, 3.63) is 70.7 Å². The van der Waals surface area contributed by atoms with Gasteiger partial charge in [0.2, 0.25) is 11.8 Å². The van der Waals surface area contributed by atoms with Crippen molar-refractivity contribution in [1.82, 2.24) is 30.3 Å². The number of hydrogen-bond acceptors (Lipinski definition) is 6. The fraction of sp³-hybridized carbons (Fsp3) is 0.487. The molecule has 1 aliphatic carbocycles. The zero-order valence-electron chi connectivity index (χ0n) is 29.0. The van der Waals surface area contributed by atoms with Crippen molar-refractivity contribution in [3.63, 3.8) is 0 Å². The highest BCUT2D eigenvalue weighted by molar-refractivity contribution is 6.01. The van der Waals surface area contributed by atoms with Crippen LogP contribution < -0.4 is 10.2 Å². The molecule has 3 amide bonds. The van der Waals surface area contributed by atoms with Crippen LogP contribution in [0.1, 0.15) is 79.0 Å². The predicted molar refractivity (Wildman–Crippen MR) is 190 cm³/mol. The number of rotatable bonds is 6. The van der Waals surface area contributed by atoms with Crippen LogP contribution in [0.4, 0.5) is 10.1 Å². The first-order valence-corrected chi connectivity index (χ1v) is 18.2. The fourth-order valence-electron chi connectivity index (χ4n) is 8.50. The number of aromatic nitrogens is 3. The summed E-state index contributed by atoms with van der Waals surface area (Å²) in [6.45, 7) is 10.5. The van der Waals surface area contributed by atoms with E-state index in [1.54, 1.807) is 6.07 Å². The van der Waals surface area contributed by atoms with Crippen LogP contribution in [-0.2, 0) is 22.4 Å². The topological polar surface area (TPSA) is 117 Å². The number of H-pyrrole nitrogens is 2. The molecule has 1 atom stereocenters. The lowest BCUT2D eigenvalue weighted by atomic mass is 9.76. The molecular weight excluding hydrogens is 633 g/mol. The zero-order valence-corrected chi connectivity index (χ0v) is 29.0. The highest BCUT2D eigenvalue weighted by Crippen LogP contribution is 2.38. The number of benzene rings is 2. The number of carbonyl (C=O) groups excluding carboxylic acids is 3. The second-order valence-electron chi connectivity index (χ2n) is 15.6. The molecule has 3 aliphatic heterocycles. The van der Waals surface area contributed by atoms with Crippen LogP contribution >= 0.6 is 0 Å². The van der Waals surface area contributed by atoms with Gasteiger partial charge in [-0.3, -0.25) is 29.7 Å². The highest BCUT2D eigenvalue weighted by atomic mass is 19.1. The van der Waals surface area contributed by atoms with E-state index in [0.29, 0.717) is 36.6 Å². The van der Waals surface area contributed by atoms with Crippen LogP contribution in [0.2, 0.25) is 0 Å². The molecule has 3 N–H and O–H groups in total. The van der Waals surface area contributed by atoms with Crippen LogP contribution in [0, 0.1) is 17.2 Å². The monoisotopic (exact) mass is 679 g/mol. The summed E-state index contributed by atoms with van der Waals surface area (Å²) in [6.07, 6.45) is 5.78. The largest absolute Gasteiger partial charge is 0.371 e. The number of imide groups is 1. The number of carbonyl (C=O) groups is 3. The second kappa shape index (κ2) is 13.0. The number of aromatic amines is 2.